The lowest BCUT2D eigenvalue weighted by Gasteiger charge is -2.35. The molecule has 1 amide bonds. The van der Waals surface area contributed by atoms with E-state index in [0.29, 0.717) is 38.5 Å². The molecule has 1 aromatic carbocycles. The minimum absolute atomic E-state index is 0.0321. The molecule has 2 aliphatic rings. The fourth-order valence-corrected chi connectivity index (χ4v) is 4.12. The summed E-state index contributed by atoms with van der Waals surface area (Å²) in [5, 5.41) is 12.7. The summed E-state index contributed by atoms with van der Waals surface area (Å²) in [6, 6.07) is 8.21. The zero-order valence-corrected chi connectivity index (χ0v) is 19.2. The minimum atomic E-state index is 0.0321. The molecule has 2 heterocycles. The van der Waals surface area contributed by atoms with Crippen molar-refractivity contribution in [2.24, 2.45) is 10.7 Å². The van der Waals surface area contributed by atoms with Gasteiger partial charge in [-0.2, -0.15) is 0 Å². The van der Waals surface area contributed by atoms with Crippen LogP contribution in [0.5, 0.6) is 0 Å². The fourth-order valence-electron chi connectivity index (χ4n) is 4.12. The number of carbonyl (C=O) groups is 1. The molecule has 2 aliphatic heterocycles. The molecule has 0 aromatic heterocycles. The Morgan fingerprint density at radius 1 is 1.41 bits per heavy atom. The Bertz CT molecular complexity index is 913. The molecule has 0 radical (unpaired) electrons. The standard InChI is InChI=1S/C24H34N6O2/c1-4-30(21-7-5-18(6-8-21)19(13-25)14-27-3)24(26)22-15-29(17(2)31)11-9-23(22)28-20-10-12-32-16-20/h5-8,13-14,20,26,28H,4,9-12,15-16,25H2,1-3H3/t20-/m0/s1. The third-order valence-electron chi connectivity index (χ3n) is 5.93. The number of likely N-dealkylation sites (N-methyl/N-ethyl adjacent to an activating group) is 1. The summed E-state index contributed by atoms with van der Waals surface area (Å²) in [6.45, 7) is 6.79. The first-order valence-corrected chi connectivity index (χ1v) is 11.1. The molecular weight excluding hydrogens is 404 g/mol. The van der Waals surface area contributed by atoms with Crippen LogP contribution in [0.3, 0.4) is 0 Å². The van der Waals surface area contributed by atoms with Crippen LogP contribution in [0, 0.1) is 5.41 Å². The van der Waals surface area contributed by atoms with Crippen LogP contribution in [0.4, 0.5) is 5.69 Å². The van der Waals surface area contributed by atoms with Crippen molar-refractivity contribution in [3.8, 4) is 0 Å². The summed E-state index contributed by atoms with van der Waals surface area (Å²) < 4.78 is 5.51. The molecule has 1 atom stereocenters. The van der Waals surface area contributed by atoms with Gasteiger partial charge >= 0.3 is 0 Å². The molecule has 1 aromatic rings. The van der Waals surface area contributed by atoms with E-state index in [1.165, 1.54) is 6.20 Å². The number of nitrogens with one attached hydrogen (secondary N) is 2. The second-order valence-electron chi connectivity index (χ2n) is 8.00. The maximum absolute atomic E-state index is 12.1. The zero-order chi connectivity index (χ0) is 23.1. The van der Waals surface area contributed by atoms with Crippen LogP contribution >= 0.6 is 0 Å². The number of anilines is 1. The molecule has 0 spiro atoms. The van der Waals surface area contributed by atoms with E-state index < -0.39 is 0 Å². The molecule has 0 bridgehead atoms. The SMILES string of the molecule is CCN(C(=N)C1=C(N[C@H]2CCOC2)CCN(C(C)=O)C1)c1ccc(C(C=NC)=CN)cc1. The first-order valence-electron chi connectivity index (χ1n) is 11.1. The van der Waals surface area contributed by atoms with Gasteiger partial charge in [0.2, 0.25) is 5.91 Å². The van der Waals surface area contributed by atoms with Crippen LogP contribution < -0.4 is 16.0 Å². The van der Waals surface area contributed by atoms with E-state index in [9.17, 15) is 4.79 Å². The molecule has 172 valence electrons. The number of amides is 1. The summed E-state index contributed by atoms with van der Waals surface area (Å²) in [5.74, 6) is 0.446. The van der Waals surface area contributed by atoms with E-state index >= 15 is 0 Å². The largest absolute Gasteiger partial charge is 0.404 e. The number of hydrogen-bond donors (Lipinski definition) is 3. The van der Waals surface area contributed by atoms with Gasteiger partial charge in [-0.3, -0.25) is 15.2 Å². The number of hydrogen-bond acceptors (Lipinski definition) is 6. The predicted molar refractivity (Wildman–Crippen MR) is 130 cm³/mol. The third kappa shape index (κ3) is 5.37. The second kappa shape index (κ2) is 10.9. The quantitative estimate of drug-likeness (QED) is 0.448. The van der Waals surface area contributed by atoms with Gasteiger partial charge in [0.1, 0.15) is 5.84 Å². The molecule has 0 aliphatic carbocycles. The molecule has 0 unspecified atom stereocenters. The minimum Gasteiger partial charge on any atom is -0.404 e. The molecule has 4 N–H and O–H groups in total. The van der Waals surface area contributed by atoms with Gasteiger partial charge in [-0.15, -0.1) is 0 Å². The van der Waals surface area contributed by atoms with Gasteiger partial charge in [-0.05, 0) is 31.0 Å². The van der Waals surface area contributed by atoms with E-state index in [2.05, 4.69) is 10.3 Å². The molecule has 3 rings (SSSR count). The number of aliphatic imine (C=N–C) groups is 1. The number of rotatable bonds is 7. The maximum atomic E-state index is 12.1. The van der Waals surface area contributed by atoms with Crippen LogP contribution in [0.2, 0.25) is 0 Å². The number of amidine groups is 1. The van der Waals surface area contributed by atoms with Crippen molar-refractivity contribution in [2.45, 2.75) is 32.7 Å². The molecular formula is C24H34N6O2. The third-order valence-corrected chi connectivity index (χ3v) is 5.93. The Labute approximate surface area is 190 Å². The summed E-state index contributed by atoms with van der Waals surface area (Å²) in [5.41, 5.74) is 10.4. The van der Waals surface area contributed by atoms with Gasteiger partial charge in [-0.1, -0.05) is 12.1 Å². The number of nitrogens with zero attached hydrogens (tertiary/aromatic N) is 3. The highest BCUT2D eigenvalue weighted by Gasteiger charge is 2.28. The van der Waals surface area contributed by atoms with Crippen LogP contribution in [0.25, 0.3) is 5.57 Å². The highest BCUT2D eigenvalue weighted by molar-refractivity contribution is 6.10. The number of nitrogens with two attached hydrogens (primary N) is 1. The summed E-state index contributed by atoms with van der Waals surface area (Å²) >= 11 is 0. The predicted octanol–water partition coefficient (Wildman–Crippen LogP) is 2.38. The Morgan fingerprint density at radius 3 is 2.72 bits per heavy atom. The molecule has 1 saturated heterocycles. The Kier molecular flexibility index (Phi) is 8.05. The smallest absolute Gasteiger partial charge is 0.219 e. The van der Waals surface area contributed by atoms with E-state index in [1.54, 1.807) is 25.1 Å². The van der Waals surface area contributed by atoms with Crippen LogP contribution in [-0.2, 0) is 9.53 Å². The zero-order valence-electron chi connectivity index (χ0n) is 19.2. The lowest BCUT2D eigenvalue weighted by atomic mass is 10.0. The van der Waals surface area contributed by atoms with Gasteiger partial charge in [0, 0.05) is 75.0 Å². The highest BCUT2D eigenvalue weighted by atomic mass is 16.5. The highest BCUT2D eigenvalue weighted by Crippen LogP contribution is 2.25. The fraction of sp³-hybridized carbons (Fsp3) is 0.458. The topological polar surface area (TPSA) is 107 Å². The first-order chi connectivity index (χ1) is 15.5. The van der Waals surface area contributed by atoms with E-state index in [-0.39, 0.29) is 11.9 Å². The summed E-state index contributed by atoms with van der Waals surface area (Å²) in [7, 11) is 1.71. The van der Waals surface area contributed by atoms with E-state index in [1.807, 2.05) is 36.1 Å². The van der Waals surface area contributed by atoms with Crippen molar-refractivity contribution < 1.29 is 9.53 Å². The van der Waals surface area contributed by atoms with Crippen molar-refractivity contribution in [1.29, 1.82) is 5.41 Å². The number of allylic oxidation sites excluding steroid dienone is 1. The first kappa shape index (κ1) is 23.5. The normalized spacial score (nSPS) is 19.5. The number of ether oxygens (including phenoxy) is 1. The van der Waals surface area contributed by atoms with Crippen molar-refractivity contribution in [2.75, 3.05) is 44.8 Å². The number of carbonyl (C=O) groups excluding carboxylic acids is 1. The van der Waals surface area contributed by atoms with Gasteiger partial charge in [-0.25, -0.2) is 0 Å². The van der Waals surface area contributed by atoms with Gasteiger partial charge in [0.05, 0.1) is 19.2 Å². The Morgan fingerprint density at radius 2 is 2.16 bits per heavy atom. The van der Waals surface area contributed by atoms with Crippen molar-refractivity contribution in [3.05, 3.63) is 47.3 Å². The van der Waals surface area contributed by atoms with E-state index in [4.69, 9.17) is 15.9 Å². The Hall–Kier alpha value is -3.13. The van der Waals surface area contributed by atoms with Crippen molar-refractivity contribution in [3.63, 3.8) is 0 Å². The van der Waals surface area contributed by atoms with Gasteiger partial charge in [0.15, 0.2) is 0 Å². The molecule has 8 heteroatoms. The number of benzene rings is 1. The van der Waals surface area contributed by atoms with Gasteiger partial charge in [0.25, 0.3) is 0 Å². The average molecular weight is 439 g/mol. The average Bonchev–Trinajstić information content (AvgIpc) is 3.31. The van der Waals surface area contributed by atoms with Crippen LogP contribution in [0.15, 0.2) is 46.7 Å². The Balaban J connectivity index is 1.88. The van der Waals surface area contributed by atoms with Crippen LogP contribution in [0.1, 0.15) is 32.3 Å². The molecule has 32 heavy (non-hydrogen) atoms. The summed E-state index contributed by atoms with van der Waals surface area (Å²) in [4.78, 5) is 19.9. The molecule has 0 saturated carbocycles. The van der Waals surface area contributed by atoms with Gasteiger partial charge < -0.3 is 25.6 Å². The second-order valence-corrected chi connectivity index (χ2v) is 8.00. The van der Waals surface area contributed by atoms with Crippen LogP contribution in [-0.4, -0.2) is 68.8 Å². The molecule has 1 fully saturated rings. The lowest BCUT2D eigenvalue weighted by Crippen LogP contribution is -2.45. The monoisotopic (exact) mass is 438 g/mol. The lowest BCUT2D eigenvalue weighted by molar-refractivity contribution is -0.128. The molecule has 8 nitrogen and oxygen atoms in total. The maximum Gasteiger partial charge on any atom is 0.219 e. The summed E-state index contributed by atoms with van der Waals surface area (Å²) in [6.07, 6.45) is 4.93. The van der Waals surface area contributed by atoms with Crippen molar-refractivity contribution >= 4 is 29.2 Å². The van der Waals surface area contributed by atoms with E-state index in [0.717, 1.165) is 41.1 Å². The van der Waals surface area contributed by atoms with Crippen molar-refractivity contribution in [1.82, 2.24) is 10.2 Å².